The summed E-state index contributed by atoms with van der Waals surface area (Å²) < 4.78 is 59.1. The van der Waals surface area contributed by atoms with Gasteiger partial charge in [-0.2, -0.15) is 32.2 Å². The molecule has 0 radical (unpaired) electrons. The Labute approximate surface area is 133 Å². The Morgan fingerprint density at radius 1 is 1.04 bits per heavy atom. The molecule has 0 unspecified atom stereocenters. The molecule has 8 nitrogen and oxygen atoms in total. The van der Waals surface area contributed by atoms with Gasteiger partial charge in [0.25, 0.3) is 10.1 Å². The first-order valence-corrected chi connectivity index (χ1v) is 7.76. The number of hydrogen-bond donors (Lipinski definition) is 3. The van der Waals surface area contributed by atoms with Crippen LogP contribution in [0, 0.1) is 12.2 Å². The van der Waals surface area contributed by atoms with Gasteiger partial charge in [-0.1, -0.05) is 24.3 Å². The minimum Gasteiger partial charge on any atom is -0.506 e. The summed E-state index contributed by atoms with van der Waals surface area (Å²) in [7, 11) is -4.80. The lowest BCUT2D eigenvalue weighted by molar-refractivity contribution is 0.456. The normalized spacial score (nSPS) is 11.6. The van der Waals surface area contributed by atoms with Crippen LogP contribution in [0.3, 0.4) is 0 Å². The molecule has 3 rings (SSSR count). The lowest BCUT2D eigenvalue weighted by atomic mass is 10.1. The number of fused-ring (bicyclic) bond motifs is 1. The molecule has 1 aromatic heterocycles. The van der Waals surface area contributed by atoms with Gasteiger partial charge in [0.15, 0.2) is 0 Å². The second kappa shape index (κ2) is 5.62. The van der Waals surface area contributed by atoms with Gasteiger partial charge in [-0.05, 0) is 11.5 Å². The van der Waals surface area contributed by atoms with Gasteiger partial charge in [-0.25, -0.2) is 0 Å². The average molecular weight is 354 g/mol. The van der Waals surface area contributed by atoms with Crippen molar-refractivity contribution in [3.05, 3.63) is 42.5 Å². The van der Waals surface area contributed by atoms with Gasteiger partial charge in [0, 0.05) is 5.39 Å². The third-order valence-corrected chi connectivity index (χ3v) is 4.00. The number of aromatic nitrogens is 3. The van der Waals surface area contributed by atoms with Gasteiger partial charge in [-0.15, -0.1) is 0 Å². The molecule has 0 aliphatic carbocycles. The molecule has 0 saturated carbocycles. The van der Waals surface area contributed by atoms with Crippen LogP contribution in [0.5, 0.6) is 5.75 Å². The Morgan fingerprint density at radius 3 is 2.29 bits per heavy atom. The molecule has 0 spiro atoms. The van der Waals surface area contributed by atoms with Crippen molar-refractivity contribution in [2.24, 2.45) is 0 Å². The second-order valence-corrected chi connectivity index (χ2v) is 5.98. The molecule has 11 heteroatoms. The fourth-order valence-electron chi connectivity index (χ4n) is 2.18. The maximum atomic E-state index is 13.0. The van der Waals surface area contributed by atoms with E-state index < -0.39 is 44.6 Å². The van der Waals surface area contributed by atoms with E-state index in [9.17, 15) is 26.9 Å². The van der Waals surface area contributed by atoms with Crippen molar-refractivity contribution < 1.29 is 26.9 Å². The molecular weight excluding hydrogens is 346 g/mol. The third kappa shape index (κ3) is 2.94. The predicted octanol–water partition coefficient (Wildman–Crippen LogP) is 2.00. The lowest BCUT2D eigenvalue weighted by Crippen LogP contribution is -2.09. The van der Waals surface area contributed by atoms with Gasteiger partial charge in [0.05, 0.1) is 0 Å². The van der Waals surface area contributed by atoms with Crippen LogP contribution >= 0.6 is 0 Å². The Bertz CT molecular complexity index is 1040. The van der Waals surface area contributed by atoms with Crippen molar-refractivity contribution in [1.82, 2.24) is 15.0 Å². The number of nitrogens with one attached hydrogen (secondary N) is 1. The van der Waals surface area contributed by atoms with Crippen molar-refractivity contribution in [2.45, 2.75) is 4.90 Å². The standard InChI is InChI=1S/C13H8F2N4O4S/c14-11-17-12(15)19-13(18-11)16-9-8(20)5-6-3-1-2-4-7(6)10(9)24(21,22)23/h1-5,20H,(H,21,22,23)(H,16,17,18,19). The zero-order chi connectivity index (χ0) is 17.5. The molecule has 0 fully saturated rings. The van der Waals surface area contributed by atoms with Crippen molar-refractivity contribution in [2.75, 3.05) is 5.32 Å². The van der Waals surface area contributed by atoms with Crippen molar-refractivity contribution in [3.63, 3.8) is 0 Å². The maximum Gasteiger partial charge on any atom is 0.315 e. The highest BCUT2D eigenvalue weighted by Crippen LogP contribution is 2.38. The zero-order valence-electron chi connectivity index (χ0n) is 11.6. The van der Waals surface area contributed by atoms with Crippen LogP contribution in [0.25, 0.3) is 10.8 Å². The molecule has 0 aliphatic heterocycles. The van der Waals surface area contributed by atoms with Crippen LogP contribution < -0.4 is 5.32 Å². The monoisotopic (exact) mass is 354 g/mol. The quantitative estimate of drug-likeness (QED) is 0.482. The van der Waals surface area contributed by atoms with Crippen molar-refractivity contribution >= 4 is 32.5 Å². The van der Waals surface area contributed by atoms with Crippen LogP contribution in [-0.4, -0.2) is 33.0 Å². The minimum absolute atomic E-state index is 0.0790. The van der Waals surface area contributed by atoms with Gasteiger partial charge in [0.1, 0.15) is 16.3 Å². The number of phenolic OH excluding ortho intramolecular Hbond substituents is 1. The summed E-state index contributed by atoms with van der Waals surface area (Å²) in [6.07, 6.45) is -2.89. The number of aromatic hydroxyl groups is 1. The fourth-order valence-corrected chi connectivity index (χ4v) is 3.06. The molecule has 1 heterocycles. The highest BCUT2D eigenvalue weighted by molar-refractivity contribution is 7.86. The third-order valence-electron chi connectivity index (χ3n) is 3.06. The largest absolute Gasteiger partial charge is 0.506 e. The van der Waals surface area contributed by atoms with Crippen LogP contribution in [0.1, 0.15) is 0 Å². The average Bonchev–Trinajstić information content (AvgIpc) is 2.45. The van der Waals surface area contributed by atoms with E-state index in [0.29, 0.717) is 5.39 Å². The van der Waals surface area contributed by atoms with E-state index in [-0.39, 0.29) is 5.39 Å². The van der Waals surface area contributed by atoms with E-state index in [1.807, 2.05) is 0 Å². The summed E-state index contributed by atoms with van der Waals surface area (Å²) in [5.41, 5.74) is -0.527. The van der Waals surface area contributed by atoms with E-state index in [1.165, 1.54) is 24.3 Å². The molecule has 3 aromatic rings. The first kappa shape index (κ1) is 16.0. The summed E-state index contributed by atoms with van der Waals surface area (Å²) in [6.45, 7) is 0. The Morgan fingerprint density at radius 2 is 1.67 bits per heavy atom. The van der Waals surface area contributed by atoms with E-state index in [0.717, 1.165) is 0 Å². The van der Waals surface area contributed by atoms with Crippen LogP contribution in [0.4, 0.5) is 20.4 Å². The van der Waals surface area contributed by atoms with Crippen LogP contribution in [-0.2, 0) is 10.1 Å². The number of nitrogens with zero attached hydrogens (tertiary/aromatic N) is 3. The van der Waals surface area contributed by atoms with Gasteiger partial charge >= 0.3 is 12.2 Å². The molecule has 0 bridgehead atoms. The molecular formula is C13H8F2N4O4S. The van der Waals surface area contributed by atoms with E-state index in [2.05, 4.69) is 20.3 Å². The molecule has 0 saturated heterocycles. The Kier molecular flexibility index (Phi) is 3.73. The summed E-state index contributed by atoms with van der Waals surface area (Å²) in [5, 5.41) is 12.6. The van der Waals surface area contributed by atoms with Crippen LogP contribution in [0.2, 0.25) is 0 Å². The number of phenols is 1. The topological polar surface area (TPSA) is 125 Å². The maximum absolute atomic E-state index is 13.0. The van der Waals surface area contributed by atoms with Gasteiger partial charge in [0.2, 0.25) is 5.95 Å². The van der Waals surface area contributed by atoms with Gasteiger partial charge in [-0.3, -0.25) is 4.55 Å². The highest BCUT2D eigenvalue weighted by atomic mass is 32.2. The molecule has 0 amide bonds. The summed E-state index contributed by atoms with van der Waals surface area (Å²) in [4.78, 5) is 8.30. The highest BCUT2D eigenvalue weighted by Gasteiger charge is 2.24. The number of anilines is 2. The van der Waals surface area contributed by atoms with Crippen molar-refractivity contribution in [1.29, 1.82) is 0 Å². The van der Waals surface area contributed by atoms with Crippen molar-refractivity contribution in [3.8, 4) is 5.75 Å². The fraction of sp³-hybridized carbons (Fsp3) is 0. The molecule has 24 heavy (non-hydrogen) atoms. The van der Waals surface area contributed by atoms with Crippen LogP contribution in [0.15, 0.2) is 35.2 Å². The number of rotatable bonds is 3. The Balaban J connectivity index is 2.29. The Hall–Kier alpha value is -2.92. The number of hydrogen-bond acceptors (Lipinski definition) is 7. The number of halogens is 2. The molecule has 124 valence electrons. The van der Waals surface area contributed by atoms with Gasteiger partial charge < -0.3 is 10.4 Å². The zero-order valence-corrected chi connectivity index (χ0v) is 12.4. The minimum atomic E-state index is -4.80. The molecule has 2 aromatic carbocycles. The summed E-state index contributed by atoms with van der Waals surface area (Å²) in [5.74, 6) is -1.28. The molecule has 0 atom stereocenters. The first-order chi connectivity index (χ1) is 11.3. The van der Waals surface area contributed by atoms with E-state index in [4.69, 9.17) is 0 Å². The van der Waals surface area contributed by atoms with E-state index >= 15 is 0 Å². The molecule has 3 N–H and O–H groups in total. The first-order valence-electron chi connectivity index (χ1n) is 6.32. The van der Waals surface area contributed by atoms with E-state index in [1.54, 1.807) is 6.07 Å². The number of benzene rings is 2. The molecule has 0 aliphatic rings. The summed E-state index contributed by atoms with van der Waals surface area (Å²) in [6, 6.07) is 7.22. The summed E-state index contributed by atoms with van der Waals surface area (Å²) >= 11 is 0. The predicted molar refractivity (Wildman–Crippen MR) is 78.5 cm³/mol. The second-order valence-electron chi connectivity index (χ2n) is 4.62. The smallest absolute Gasteiger partial charge is 0.315 e. The SMILES string of the molecule is O=S(=O)(O)c1c(Nc2nc(F)nc(F)n2)c(O)cc2ccccc12. The lowest BCUT2D eigenvalue weighted by Gasteiger charge is -2.13.